The summed E-state index contributed by atoms with van der Waals surface area (Å²) >= 11 is 0. The Labute approximate surface area is 176 Å². The van der Waals surface area contributed by atoms with Gasteiger partial charge in [-0.15, -0.1) is 0 Å². The summed E-state index contributed by atoms with van der Waals surface area (Å²) in [7, 11) is 0. The third kappa shape index (κ3) is 6.57. The maximum atomic E-state index is 12.6. The lowest BCUT2D eigenvalue weighted by molar-refractivity contribution is -0.132. The average molecular weight is 402 g/mol. The number of nitrogens with one attached hydrogen (secondary N) is 2. The van der Waals surface area contributed by atoms with Gasteiger partial charge in [0.2, 0.25) is 5.91 Å². The highest BCUT2D eigenvalue weighted by Gasteiger charge is 2.27. The Hall–Kier alpha value is -3.44. The van der Waals surface area contributed by atoms with Crippen LogP contribution in [0.15, 0.2) is 91.0 Å². The van der Waals surface area contributed by atoms with Crippen LogP contribution in [0.4, 0.5) is 0 Å². The monoisotopic (exact) mass is 402 g/mol. The maximum Gasteiger partial charge on any atom is 0.251 e. The molecule has 0 bridgehead atoms. The van der Waals surface area contributed by atoms with Crippen molar-refractivity contribution in [3.8, 4) is 0 Å². The molecule has 0 heterocycles. The number of aliphatic hydroxyl groups excluding tert-OH is 1. The predicted molar refractivity (Wildman–Crippen MR) is 117 cm³/mol. The maximum absolute atomic E-state index is 12.6. The van der Waals surface area contributed by atoms with Crippen LogP contribution in [0.1, 0.15) is 16.7 Å². The second kappa shape index (κ2) is 10.9. The topological polar surface area (TPSA) is 78.4 Å². The van der Waals surface area contributed by atoms with Crippen LogP contribution in [0, 0.1) is 0 Å². The first-order chi connectivity index (χ1) is 14.6. The Morgan fingerprint density at radius 2 is 1.23 bits per heavy atom. The molecule has 154 valence electrons. The zero-order chi connectivity index (χ0) is 21.2. The van der Waals surface area contributed by atoms with Gasteiger partial charge in [0.15, 0.2) is 6.10 Å². The van der Waals surface area contributed by atoms with Crippen LogP contribution >= 0.6 is 0 Å². The number of carbonyl (C=O) groups excluding carboxylic acids is 2. The number of aliphatic hydroxyl groups is 1. The number of amides is 2. The number of hydrogen-bond acceptors (Lipinski definition) is 3. The van der Waals surface area contributed by atoms with E-state index < -0.39 is 18.1 Å². The zero-order valence-electron chi connectivity index (χ0n) is 16.7. The molecule has 30 heavy (non-hydrogen) atoms. The van der Waals surface area contributed by atoms with Gasteiger partial charge in [0.25, 0.3) is 5.91 Å². The molecule has 1 unspecified atom stereocenters. The molecule has 2 amide bonds. The molecule has 0 aliphatic heterocycles. The van der Waals surface area contributed by atoms with Gasteiger partial charge >= 0.3 is 0 Å². The van der Waals surface area contributed by atoms with Crippen molar-refractivity contribution in [3.05, 3.63) is 108 Å². The fourth-order valence-electron chi connectivity index (χ4n) is 3.22. The van der Waals surface area contributed by atoms with Gasteiger partial charge in [0, 0.05) is 6.54 Å². The number of carbonyl (C=O) groups is 2. The van der Waals surface area contributed by atoms with E-state index in [-0.39, 0.29) is 12.3 Å². The van der Waals surface area contributed by atoms with Crippen molar-refractivity contribution in [1.82, 2.24) is 10.6 Å². The molecule has 5 nitrogen and oxygen atoms in total. The lowest BCUT2D eigenvalue weighted by atomic mass is 10.00. The third-order valence-corrected chi connectivity index (χ3v) is 4.81. The van der Waals surface area contributed by atoms with E-state index in [0.717, 1.165) is 16.7 Å². The lowest BCUT2D eigenvalue weighted by Gasteiger charge is -2.24. The Balaban J connectivity index is 1.66. The lowest BCUT2D eigenvalue weighted by Crippen LogP contribution is -2.51. The largest absolute Gasteiger partial charge is 0.381 e. The summed E-state index contributed by atoms with van der Waals surface area (Å²) in [4.78, 5) is 25.1. The molecule has 5 heteroatoms. The first kappa shape index (κ1) is 21.3. The van der Waals surface area contributed by atoms with Crippen LogP contribution in [-0.4, -0.2) is 29.1 Å². The normalized spacial score (nSPS) is 12.6. The van der Waals surface area contributed by atoms with Gasteiger partial charge in [-0.25, -0.2) is 0 Å². The highest BCUT2D eigenvalue weighted by atomic mass is 16.3. The fourth-order valence-corrected chi connectivity index (χ4v) is 3.22. The molecule has 0 aliphatic carbocycles. The molecule has 3 rings (SSSR count). The van der Waals surface area contributed by atoms with Gasteiger partial charge in [-0.3, -0.25) is 9.59 Å². The van der Waals surface area contributed by atoms with Gasteiger partial charge in [-0.1, -0.05) is 91.0 Å². The Bertz CT molecular complexity index is 930. The summed E-state index contributed by atoms with van der Waals surface area (Å²) in [6, 6.07) is 27.6. The van der Waals surface area contributed by atoms with Crippen LogP contribution in [0.5, 0.6) is 0 Å². The fraction of sp³-hybridized carbons (Fsp3) is 0.200. The molecule has 0 saturated heterocycles. The molecule has 0 aromatic heterocycles. The third-order valence-electron chi connectivity index (χ3n) is 4.81. The van der Waals surface area contributed by atoms with Crippen LogP contribution < -0.4 is 10.6 Å². The molecule has 2 atom stereocenters. The zero-order valence-corrected chi connectivity index (χ0v) is 16.7. The van der Waals surface area contributed by atoms with E-state index in [0.29, 0.717) is 13.0 Å². The summed E-state index contributed by atoms with van der Waals surface area (Å²) in [6.45, 7) is 0.312. The Morgan fingerprint density at radius 1 is 0.733 bits per heavy atom. The summed E-state index contributed by atoms with van der Waals surface area (Å²) in [5, 5.41) is 16.3. The van der Waals surface area contributed by atoms with E-state index in [9.17, 15) is 14.7 Å². The standard InChI is InChI=1S/C25H26N2O3/c28-23(17-20-12-6-2-7-13-20)27-22(16-19-10-4-1-5-11-19)24(29)25(30)26-18-21-14-8-3-9-15-21/h1-15,22,24,29H,16-18H2,(H,26,30)(H,27,28)/t22-,24?/m0/s1. The van der Waals surface area contributed by atoms with E-state index in [4.69, 9.17) is 0 Å². The van der Waals surface area contributed by atoms with Crippen LogP contribution in [-0.2, 0) is 29.0 Å². The van der Waals surface area contributed by atoms with Crippen molar-refractivity contribution in [2.24, 2.45) is 0 Å². The number of benzene rings is 3. The predicted octanol–water partition coefficient (Wildman–Crippen LogP) is 2.63. The molecule has 0 radical (unpaired) electrons. The molecule has 0 aliphatic rings. The molecule has 3 N–H and O–H groups in total. The van der Waals surface area contributed by atoms with E-state index in [1.807, 2.05) is 91.0 Å². The van der Waals surface area contributed by atoms with E-state index in [1.54, 1.807) is 0 Å². The van der Waals surface area contributed by atoms with Gasteiger partial charge in [-0.05, 0) is 23.1 Å². The van der Waals surface area contributed by atoms with E-state index in [2.05, 4.69) is 10.6 Å². The second-order valence-corrected chi connectivity index (χ2v) is 7.17. The van der Waals surface area contributed by atoms with Crippen molar-refractivity contribution in [2.45, 2.75) is 31.5 Å². The molecular weight excluding hydrogens is 376 g/mol. The number of rotatable bonds is 9. The smallest absolute Gasteiger partial charge is 0.251 e. The molecular formula is C25H26N2O3. The minimum absolute atomic E-state index is 0.185. The Kier molecular flexibility index (Phi) is 7.75. The van der Waals surface area contributed by atoms with Crippen LogP contribution in [0.2, 0.25) is 0 Å². The molecule has 3 aromatic rings. The van der Waals surface area contributed by atoms with Gasteiger partial charge < -0.3 is 15.7 Å². The van der Waals surface area contributed by atoms with Crippen LogP contribution in [0.25, 0.3) is 0 Å². The second-order valence-electron chi connectivity index (χ2n) is 7.17. The summed E-state index contributed by atoms with van der Waals surface area (Å²) in [6.07, 6.45) is -0.833. The Morgan fingerprint density at radius 3 is 1.80 bits per heavy atom. The highest BCUT2D eigenvalue weighted by Crippen LogP contribution is 2.09. The van der Waals surface area contributed by atoms with Crippen LogP contribution in [0.3, 0.4) is 0 Å². The summed E-state index contributed by atoms with van der Waals surface area (Å²) < 4.78 is 0. The van der Waals surface area contributed by atoms with Gasteiger partial charge in [0.1, 0.15) is 0 Å². The van der Waals surface area contributed by atoms with E-state index in [1.165, 1.54) is 0 Å². The molecule has 0 fully saturated rings. The highest BCUT2D eigenvalue weighted by molar-refractivity contribution is 5.84. The SMILES string of the molecule is O=C(Cc1ccccc1)N[C@@H](Cc1ccccc1)C(O)C(=O)NCc1ccccc1. The molecule has 0 spiro atoms. The van der Waals surface area contributed by atoms with Gasteiger partial charge in [-0.2, -0.15) is 0 Å². The van der Waals surface area contributed by atoms with Crippen molar-refractivity contribution >= 4 is 11.8 Å². The van der Waals surface area contributed by atoms with Crippen molar-refractivity contribution < 1.29 is 14.7 Å². The van der Waals surface area contributed by atoms with Crippen molar-refractivity contribution in [1.29, 1.82) is 0 Å². The molecule has 0 saturated carbocycles. The van der Waals surface area contributed by atoms with E-state index >= 15 is 0 Å². The average Bonchev–Trinajstić information content (AvgIpc) is 2.78. The van der Waals surface area contributed by atoms with Gasteiger partial charge in [0.05, 0.1) is 12.5 Å². The minimum atomic E-state index is -1.37. The first-order valence-electron chi connectivity index (χ1n) is 9.99. The van der Waals surface area contributed by atoms with Crippen molar-refractivity contribution in [3.63, 3.8) is 0 Å². The van der Waals surface area contributed by atoms with Crippen molar-refractivity contribution in [2.75, 3.05) is 0 Å². The minimum Gasteiger partial charge on any atom is -0.381 e. The summed E-state index contributed by atoms with van der Waals surface area (Å²) in [5.74, 6) is -0.753. The molecule has 3 aromatic carbocycles. The number of hydrogen-bond donors (Lipinski definition) is 3. The first-order valence-corrected chi connectivity index (χ1v) is 9.99. The quantitative estimate of drug-likeness (QED) is 0.515. The summed E-state index contributed by atoms with van der Waals surface area (Å²) in [5.41, 5.74) is 2.74.